The fourth-order valence-corrected chi connectivity index (χ4v) is 2.35. The molecule has 1 fully saturated rings. The van der Waals surface area contributed by atoms with Gasteiger partial charge in [-0.3, -0.25) is 4.79 Å². The van der Waals surface area contributed by atoms with Crippen LogP contribution in [0.4, 0.5) is 5.69 Å². The van der Waals surface area contributed by atoms with Gasteiger partial charge in [0, 0.05) is 10.2 Å². The van der Waals surface area contributed by atoms with Crippen molar-refractivity contribution in [2.45, 2.75) is 32.2 Å². The van der Waals surface area contributed by atoms with E-state index in [9.17, 15) is 4.79 Å². The van der Waals surface area contributed by atoms with Gasteiger partial charge in [0.1, 0.15) is 0 Å². The van der Waals surface area contributed by atoms with Gasteiger partial charge in [-0.05, 0) is 44.0 Å². The molecule has 17 heavy (non-hydrogen) atoms. The first-order valence-electron chi connectivity index (χ1n) is 5.97. The van der Waals surface area contributed by atoms with Crippen molar-refractivity contribution < 1.29 is 4.79 Å². The quantitative estimate of drug-likeness (QED) is 0.881. The molecule has 1 heterocycles. The van der Waals surface area contributed by atoms with Crippen molar-refractivity contribution in [2.24, 2.45) is 0 Å². The van der Waals surface area contributed by atoms with Crippen LogP contribution in [0.2, 0.25) is 0 Å². The first-order valence-corrected chi connectivity index (χ1v) is 6.76. The Morgan fingerprint density at radius 1 is 1.47 bits per heavy atom. The van der Waals surface area contributed by atoms with E-state index in [0.29, 0.717) is 0 Å². The van der Waals surface area contributed by atoms with Crippen LogP contribution in [0.3, 0.4) is 0 Å². The minimum Gasteiger partial charge on any atom is -0.325 e. The van der Waals surface area contributed by atoms with E-state index in [-0.39, 0.29) is 11.9 Å². The van der Waals surface area contributed by atoms with Gasteiger partial charge in [0.15, 0.2) is 0 Å². The summed E-state index contributed by atoms with van der Waals surface area (Å²) in [4.78, 5) is 12.0. The van der Waals surface area contributed by atoms with Crippen molar-refractivity contribution in [2.75, 3.05) is 11.9 Å². The first kappa shape index (κ1) is 12.6. The Kier molecular flexibility index (Phi) is 4.18. The number of carbonyl (C=O) groups excluding carboxylic acids is 1. The predicted molar refractivity (Wildman–Crippen MR) is 73.2 cm³/mol. The maximum Gasteiger partial charge on any atom is 0.241 e. The van der Waals surface area contributed by atoms with Crippen LogP contribution in [-0.4, -0.2) is 18.5 Å². The molecular formula is C13H17BrN2O. The zero-order valence-electron chi connectivity index (χ0n) is 9.92. The van der Waals surface area contributed by atoms with E-state index >= 15 is 0 Å². The van der Waals surface area contributed by atoms with Crippen LogP contribution >= 0.6 is 15.9 Å². The molecular weight excluding hydrogens is 280 g/mol. The summed E-state index contributed by atoms with van der Waals surface area (Å²) in [6.07, 6.45) is 3.22. The van der Waals surface area contributed by atoms with E-state index in [4.69, 9.17) is 0 Å². The minimum absolute atomic E-state index is 0.0381. The molecule has 1 aliphatic rings. The number of aryl methyl sites for hydroxylation is 1. The van der Waals surface area contributed by atoms with E-state index in [0.717, 1.165) is 29.5 Å². The second-order valence-corrected chi connectivity index (χ2v) is 5.31. The molecule has 1 aromatic rings. The number of anilines is 1. The van der Waals surface area contributed by atoms with Gasteiger partial charge in [-0.1, -0.05) is 28.4 Å². The highest BCUT2D eigenvalue weighted by atomic mass is 79.9. The average Bonchev–Trinajstić information content (AvgIpc) is 2.35. The van der Waals surface area contributed by atoms with Gasteiger partial charge in [0.2, 0.25) is 5.91 Å². The number of benzene rings is 1. The highest BCUT2D eigenvalue weighted by Crippen LogP contribution is 2.21. The second-order valence-electron chi connectivity index (χ2n) is 4.46. The summed E-state index contributed by atoms with van der Waals surface area (Å²) in [5, 5.41) is 6.19. The van der Waals surface area contributed by atoms with E-state index in [1.165, 1.54) is 12.0 Å². The zero-order valence-corrected chi connectivity index (χ0v) is 11.5. The van der Waals surface area contributed by atoms with Crippen LogP contribution in [0.5, 0.6) is 0 Å². The first-order chi connectivity index (χ1) is 8.16. The van der Waals surface area contributed by atoms with Crippen molar-refractivity contribution in [3.05, 3.63) is 28.2 Å². The second kappa shape index (κ2) is 5.65. The molecule has 1 atom stereocenters. The molecule has 3 nitrogen and oxygen atoms in total. The Labute approximate surface area is 110 Å². The van der Waals surface area contributed by atoms with Gasteiger partial charge in [-0.15, -0.1) is 0 Å². The number of rotatable bonds is 2. The van der Waals surface area contributed by atoms with Gasteiger partial charge in [0.25, 0.3) is 0 Å². The van der Waals surface area contributed by atoms with Gasteiger partial charge in [-0.2, -0.15) is 0 Å². The topological polar surface area (TPSA) is 41.1 Å². The monoisotopic (exact) mass is 296 g/mol. The fourth-order valence-electron chi connectivity index (χ4n) is 1.98. The standard InChI is InChI=1S/C13H17BrN2O/c1-9-5-6-10(8-11(9)14)16-13(17)12-4-2-3-7-15-12/h5-6,8,12,15H,2-4,7H2,1H3,(H,16,17)/t12-/m1/s1. The molecule has 2 rings (SSSR count). The molecule has 0 radical (unpaired) electrons. The summed E-state index contributed by atoms with van der Waals surface area (Å²) in [5.41, 5.74) is 2.01. The van der Waals surface area contributed by atoms with E-state index < -0.39 is 0 Å². The normalized spacial score (nSPS) is 20.0. The molecule has 0 aromatic heterocycles. The number of hydrogen-bond acceptors (Lipinski definition) is 2. The molecule has 1 saturated heterocycles. The maximum atomic E-state index is 12.0. The van der Waals surface area contributed by atoms with Crippen LogP contribution in [0.1, 0.15) is 24.8 Å². The van der Waals surface area contributed by atoms with E-state index in [1.807, 2.05) is 25.1 Å². The summed E-state index contributed by atoms with van der Waals surface area (Å²) in [7, 11) is 0. The van der Waals surface area contributed by atoms with Gasteiger partial charge >= 0.3 is 0 Å². The lowest BCUT2D eigenvalue weighted by atomic mass is 10.0. The Hall–Kier alpha value is -0.870. The van der Waals surface area contributed by atoms with Gasteiger partial charge in [-0.25, -0.2) is 0 Å². The van der Waals surface area contributed by atoms with Gasteiger partial charge in [0.05, 0.1) is 6.04 Å². The van der Waals surface area contributed by atoms with Crippen LogP contribution in [-0.2, 0) is 4.79 Å². The number of halogens is 1. The molecule has 92 valence electrons. The van der Waals surface area contributed by atoms with Crippen LogP contribution < -0.4 is 10.6 Å². The van der Waals surface area contributed by atoms with Crippen molar-refractivity contribution in [1.82, 2.24) is 5.32 Å². The highest BCUT2D eigenvalue weighted by molar-refractivity contribution is 9.10. The lowest BCUT2D eigenvalue weighted by molar-refractivity contribution is -0.118. The Morgan fingerprint density at radius 3 is 2.94 bits per heavy atom. The molecule has 2 N–H and O–H groups in total. The SMILES string of the molecule is Cc1ccc(NC(=O)[C@H]2CCCCN2)cc1Br. The molecule has 0 spiro atoms. The summed E-state index contributed by atoms with van der Waals surface area (Å²) >= 11 is 3.47. The van der Waals surface area contributed by atoms with Crippen LogP contribution in [0, 0.1) is 6.92 Å². The molecule has 1 aromatic carbocycles. The lowest BCUT2D eigenvalue weighted by Crippen LogP contribution is -2.43. The fraction of sp³-hybridized carbons (Fsp3) is 0.462. The molecule has 0 aliphatic carbocycles. The lowest BCUT2D eigenvalue weighted by Gasteiger charge is -2.22. The maximum absolute atomic E-state index is 12.0. The summed E-state index contributed by atoms with van der Waals surface area (Å²) in [6.45, 7) is 2.97. The van der Waals surface area contributed by atoms with Crippen molar-refractivity contribution >= 4 is 27.5 Å². The van der Waals surface area contributed by atoms with Gasteiger partial charge < -0.3 is 10.6 Å². The molecule has 0 unspecified atom stereocenters. The van der Waals surface area contributed by atoms with E-state index in [1.54, 1.807) is 0 Å². The number of nitrogens with one attached hydrogen (secondary N) is 2. The minimum atomic E-state index is -0.0381. The molecule has 0 bridgehead atoms. The average molecular weight is 297 g/mol. The zero-order chi connectivity index (χ0) is 12.3. The van der Waals surface area contributed by atoms with Crippen LogP contribution in [0.25, 0.3) is 0 Å². The highest BCUT2D eigenvalue weighted by Gasteiger charge is 2.20. The number of amides is 1. The molecule has 4 heteroatoms. The summed E-state index contributed by atoms with van der Waals surface area (Å²) in [5.74, 6) is 0.0699. The summed E-state index contributed by atoms with van der Waals surface area (Å²) < 4.78 is 1.02. The third-order valence-electron chi connectivity index (χ3n) is 3.07. The van der Waals surface area contributed by atoms with Crippen molar-refractivity contribution in [3.8, 4) is 0 Å². The number of hydrogen-bond donors (Lipinski definition) is 2. The third-order valence-corrected chi connectivity index (χ3v) is 3.92. The largest absolute Gasteiger partial charge is 0.325 e. The number of piperidine rings is 1. The Bertz CT molecular complexity index is 414. The Morgan fingerprint density at radius 2 is 2.29 bits per heavy atom. The van der Waals surface area contributed by atoms with Crippen molar-refractivity contribution in [3.63, 3.8) is 0 Å². The smallest absolute Gasteiger partial charge is 0.241 e. The molecule has 1 amide bonds. The Balaban J connectivity index is 1.99. The predicted octanol–water partition coefficient (Wildman–Crippen LogP) is 2.84. The van der Waals surface area contributed by atoms with Crippen molar-refractivity contribution in [1.29, 1.82) is 0 Å². The third kappa shape index (κ3) is 3.30. The number of carbonyl (C=O) groups is 1. The summed E-state index contributed by atoms with van der Waals surface area (Å²) in [6, 6.07) is 5.83. The van der Waals surface area contributed by atoms with E-state index in [2.05, 4.69) is 26.6 Å². The van der Waals surface area contributed by atoms with Crippen LogP contribution in [0.15, 0.2) is 22.7 Å². The molecule has 0 saturated carbocycles. The molecule has 1 aliphatic heterocycles.